The highest BCUT2D eigenvalue weighted by atomic mass is 16.7. The van der Waals surface area contributed by atoms with Crippen LogP contribution in [0.25, 0.3) is 11.1 Å². The number of carbonyl (C=O) groups excluding carboxylic acids is 5. The van der Waals surface area contributed by atoms with Crippen molar-refractivity contribution in [1.82, 2.24) is 10.2 Å². The van der Waals surface area contributed by atoms with Crippen LogP contribution in [-0.4, -0.2) is 67.2 Å². The maximum Gasteiger partial charge on any atom is 0.514 e. The minimum atomic E-state index is -1.19. The summed E-state index contributed by atoms with van der Waals surface area (Å²) in [5.41, 5.74) is 1.79. The summed E-state index contributed by atoms with van der Waals surface area (Å²) >= 11 is 0. The topological polar surface area (TPSA) is 147 Å². The van der Waals surface area contributed by atoms with E-state index >= 15 is 0 Å². The van der Waals surface area contributed by atoms with Crippen LogP contribution in [0.15, 0.2) is 66.7 Å². The minimum absolute atomic E-state index is 0.0216. The molecule has 0 aromatic heterocycles. The van der Waals surface area contributed by atoms with E-state index in [4.69, 9.17) is 23.7 Å². The van der Waals surface area contributed by atoms with Crippen LogP contribution in [0.1, 0.15) is 76.6 Å². The number of fused-ring (bicyclic) bond motifs is 5. The zero-order chi connectivity index (χ0) is 38.0. The quantitative estimate of drug-likeness (QED) is 0.107. The predicted molar refractivity (Wildman–Crippen MR) is 193 cm³/mol. The maximum absolute atomic E-state index is 14.2. The van der Waals surface area contributed by atoms with Crippen molar-refractivity contribution in [3.8, 4) is 22.6 Å². The number of Topliss-reactive ketones (excluding diaryl/α,β-unsaturated/α-hetero) is 1. The highest BCUT2D eigenvalue weighted by Crippen LogP contribution is 2.41. The molecule has 3 aromatic rings. The average Bonchev–Trinajstić information content (AvgIpc) is 3.10. The first kappa shape index (κ1) is 39.4. The Morgan fingerprint density at radius 3 is 2.29 bits per heavy atom. The number of methoxy groups -OCH3 is 1. The van der Waals surface area contributed by atoms with Crippen LogP contribution in [0, 0.1) is 5.92 Å². The molecule has 52 heavy (non-hydrogen) atoms. The van der Waals surface area contributed by atoms with Gasteiger partial charge in [-0.2, -0.15) is 0 Å². The van der Waals surface area contributed by atoms with E-state index in [1.807, 2.05) is 37.3 Å². The molecule has 0 saturated heterocycles. The van der Waals surface area contributed by atoms with Crippen LogP contribution >= 0.6 is 0 Å². The number of nitrogens with zero attached hydrogens (tertiary/aromatic N) is 1. The second-order valence-electron chi connectivity index (χ2n) is 13.8. The summed E-state index contributed by atoms with van der Waals surface area (Å²) in [6, 6.07) is 16.9. The van der Waals surface area contributed by atoms with Crippen LogP contribution in [0.5, 0.6) is 11.5 Å². The lowest BCUT2D eigenvalue weighted by Gasteiger charge is -2.29. The molecule has 1 aliphatic rings. The first-order valence-electron chi connectivity index (χ1n) is 17.4. The van der Waals surface area contributed by atoms with Crippen LogP contribution in [0.4, 0.5) is 9.59 Å². The zero-order valence-electron chi connectivity index (χ0n) is 30.9. The Balaban J connectivity index is 1.91. The fourth-order valence-electron chi connectivity index (χ4n) is 5.69. The lowest BCUT2D eigenvalue weighted by atomic mass is 9.90. The van der Waals surface area contributed by atoms with E-state index in [2.05, 4.69) is 5.32 Å². The summed E-state index contributed by atoms with van der Waals surface area (Å²) < 4.78 is 28.1. The summed E-state index contributed by atoms with van der Waals surface area (Å²) in [5.74, 6) is -1.98. The second kappa shape index (κ2) is 17.7. The minimum Gasteiger partial charge on any atom is -0.493 e. The van der Waals surface area contributed by atoms with Gasteiger partial charge in [-0.1, -0.05) is 62.7 Å². The molecule has 0 aliphatic carbocycles. The molecule has 0 saturated carbocycles. The van der Waals surface area contributed by atoms with Crippen LogP contribution in [-0.2, 0) is 41.6 Å². The third kappa shape index (κ3) is 10.6. The molecule has 278 valence electrons. The molecule has 0 spiro atoms. The molecule has 1 heterocycles. The van der Waals surface area contributed by atoms with E-state index in [0.717, 1.165) is 18.4 Å². The van der Waals surface area contributed by atoms with E-state index in [0.29, 0.717) is 34.6 Å². The number of hydrogen-bond acceptors (Lipinski definition) is 10. The molecular formula is C40H48N2O10. The summed E-state index contributed by atoms with van der Waals surface area (Å²) in [6.07, 6.45) is -0.291. The van der Waals surface area contributed by atoms with E-state index in [1.165, 1.54) is 19.1 Å². The number of hydrogen-bond donors (Lipinski definition) is 1. The van der Waals surface area contributed by atoms with Crippen molar-refractivity contribution in [3.05, 3.63) is 83.4 Å². The van der Waals surface area contributed by atoms with Crippen molar-refractivity contribution in [2.45, 2.75) is 84.6 Å². The number of unbranched alkanes of at least 4 members (excludes halogenated alkanes) is 1. The Morgan fingerprint density at radius 2 is 1.62 bits per heavy atom. The van der Waals surface area contributed by atoms with Crippen LogP contribution in [0.2, 0.25) is 0 Å². The van der Waals surface area contributed by atoms with E-state index in [-0.39, 0.29) is 25.2 Å². The lowest BCUT2D eigenvalue weighted by molar-refractivity contribution is -0.145. The van der Waals surface area contributed by atoms with Gasteiger partial charge in [0.15, 0.2) is 5.78 Å². The van der Waals surface area contributed by atoms with Crippen molar-refractivity contribution in [1.29, 1.82) is 0 Å². The SMILES string of the molecule is CCCCOc1ccc2cc1-c1cc(ccc1OC(=O)OC(C)(C)C)C[C@@H](C(=O)OC)NC(=O)[C@H](C)CC(=O)[C@H]2N(C)C(=O)OCc1ccccc1. The van der Waals surface area contributed by atoms with Gasteiger partial charge in [-0.15, -0.1) is 0 Å². The normalized spacial score (nSPS) is 17.6. The highest BCUT2D eigenvalue weighted by molar-refractivity contribution is 5.94. The van der Waals surface area contributed by atoms with Gasteiger partial charge in [-0.3, -0.25) is 14.5 Å². The van der Waals surface area contributed by atoms with Gasteiger partial charge in [0.2, 0.25) is 5.91 Å². The number of esters is 1. The fraction of sp³-hybridized carbons (Fsp3) is 0.425. The molecule has 3 aromatic carbocycles. The molecule has 12 nitrogen and oxygen atoms in total. The molecule has 12 heteroatoms. The van der Waals surface area contributed by atoms with E-state index in [9.17, 15) is 24.0 Å². The average molecular weight is 717 g/mol. The number of amides is 2. The molecule has 4 bridgehead atoms. The molecule has 4 rings (SSSR count). The molecule has 1 N–H and O–H groups in total. The largest absolute Gasteiger partial charge is 0.514 e. The Bertz CT molecular complexity index is 1750. The lowest BCUT2D eigenvalue weighted by Crippen LogP contribution is -2.46. The van der Waals surface area contributed by atoms with Crippen molar-refractivity contribution in [2.75, 3.05) is 20.8 Å². The summed E-state index contributed by atoms with van der Waals surface area (Å²) in [5, 5.41) is 2.73. The smallest absolute Gasteiger partial charge is 0.493 e. The van der Waals surface area contributed by atoms with Gasteiger partial charge in [-0.25, -0.2) is 14.4 Å². The standard InChI is InChI=1S/C40H48N2O10/c1-8-9-19-49-33-18-16-28-23-30(33)29-21-27(15-17-34(29)51-39(47)52-40(3,4)5)22-31(37(45)48-7)41-36(44)25(2)20-32(43)35(28)42(6)38(46)50-24-26-13-11-10-12-14-26/h10-18,21,23,25,31,35H,8-9,19-20,22,24H2,1-7H3,(H,41,44)/t25-,31+,35+/m1/s1. The number of nitrogens with one attached hydrogen (secondary N) is 1. The zero-order valence-corrected chi connectivity index (χ0v) is 30.9. The van der Waals surface area contributed by atoms with Crippen molar-refractivity contribution in [2.24, 2.45) is 5.92 Å². The van der Waals surface area contributed by atoms with Gasteiger partial charge in [0.25, 0.3) is 0 Å². The van der Waals surface area contributed by atoms with Crippen LogP contribution < -0.4 is 14.8 Å². The second-order valence-corrected chi connectivity index (χ2v) is 13.8. The fourth-order valence-corrected chi connectivity index (χ4v) is 5.69. The number of ether oxygens (including phenoxy) is 5. The summed E-state index contributed by atoms with van der Waals surface area (Å²) in [7, 11) is 2.68. The number of ketones is 1. The molecule has 0 unspecified atom stereocenters. The van der Waals surface area contributed by atoms with Crippen LogP contribution in [0.3, 0.4) is 0 Å². The van der Waals surface area contributed by atoms with Crippen molar-refractivity contribution < 1.29 is 47.7 Å². The summed E-state index contributed by atoms with van der Waals surface area (Å²) in [4.78, 5) is 68.3. The third-order valence-corrected chi connectivity index (χ3v) is 8.37. The number of carbonyl (C=O) groups is 5. The number of benzene rings is 3. The Morgan fingerprint density at radius 1 is 0.923 bits per heavy atom. The Hall–Kier alpha value is -5.39. The van der Waals surface area contributed by atoms with Gasteiger partial charge < -0.3 is 29.0 Å². The van der Waals surface area contributed by atoms with Gasteiger partial charge in [0.1, 0.15) is 35.8 Å². The number of likely N-dealkylation sites (N-methyl/N-ethyl adjacent to an activating group) is 1. The summed E-state index contributed by atoms with van der Waals surface area (Å²) in [6.45, 7) is 9.12. The first-order valence-corrected chi connectivity index (χ1v) is 17.4. The van der Waals surface area contributed by atoms with E-state index < -0.39 is 53.5 Å². The van der Waals surface area contributed by atoms with Crippen molar-refractivity contribution >= 4 is 29.9 Å². The Kier molecular flexibility index (Phi) is 13.4. The van der Waals surface area contributed by atoms with Gasteiger partial charge in [-0.05, 0) is 68.1 Å². The van der Waals surface area contributed by atoms with Gasteiger partial charge in [0, 0.05) is 36.9 Å². The highest BCUT2D eigenvalue weighted by Gasteiger charge is 2.34. The molecule has 0 radical (unpaired) electrons. The third-order valence-electron chi connectivity index (χ3n) is 8.37. The molecule has 2 amide bonds. The maximum atomic E-state index is 14.2. The molecule has 3 atom stereocenters. The van der Waals surface area contributed by atoms with Gasteiger partial charge in [0.05, 0.1) is 13.7 Å². The molecule has 1 aliphatic heterocycles. The Labute approximate surface area is 304 Å². The van der Waals surface area contributed by atoms with E-state index in [1.54, 1.807) is 64.1 Å². The molecular weight excluding hydrogens is 668 g/mol. The van der Waals surface area contributed by atoms with Crippen molar-refractivity contribution in [3.63, 3.8) is 0 Å². The molecule has 0 fully saturated rings. The monoisotopic (exact) mass is 716 g/mol. The van der Waals surface area contributed by atoms with Gasteiger partial charge >= 0.3 is 18.2 Å². The first-order chi connectivity index (χ1) is 24.7. The number of rotatable bonds is 9. The predicted octanol–water partition coefficient (Wildman–Crippen LogP) is 6.97.